The van der Waals surface area contributed by atoms with Crippen LogP contribution in [0.5, 0.6) is 0 Å². The Morgan fingerprint density at radius 2 is 2.55 bits per heavy atom. The Hall–Kier alpha value is -0.610. The van der Waals surface area contributed by atoms with Gasteiger partial charge >= 0.3 is 0 Å². The van der Waals surface area contributed by atoms with Crippen molar-refractivity contribution in [3.05, 3.63) is 0 Å². The maximum absolute atomic E-state index is 10.8. The van der Waals surface area contributed by atoms with Gasteiger partial charge in [-0.2, -0.15) is 5.06 Å². The molecule has 1 aliphatic heterocycles. The third-order valence-corrected chi connectivity index (χ3v) is 1.84. The average Bonchev–Trinajstić information content (AvgIpc) is 2.40. The molecule has 1 fully saturated rings. The second-order valence-corrected chi connectivity index (χ2v) is 2.65. The van der Waals surface area contributed by atoms with E-state index in [2.05, 4.69) is 0 Å². The fraction of sp³-hybridized carbons (Fsp3) is 0.857. The van der Waals surface area contributed by atoms with Crippen molar-refractivity contribution in [3.8, 4) is 0 Å². The van der Waals surface area contributed by atoms with Crippen LogP contribution in [0.2, 0.25) is 0 Å². The molecule has 1 rings (SSSR count). The van der Waals surface area contributed by atoms with E-state index in [1.807, 2.05) is 6.92 Å². The van der Waals surface area contributed by atoms with Crippen molar-refractivity contribution in [2.75, 3.05) is 13.2 Å². The Kier molecular flexibility index (Phi) is 2.84. The van der Waals surface area contributed by atoms with Gasteiger partial charge in [-0.25, -0.2) is 0 Å². The lowest BCUT2D eigenvalue weighted by molar-refractivity contribution is -0.159. The van der Waals surface area contributed by atoms with Crippen LogP contribution >= 0.6 is 0 Å². The SMILES string of the molecule is CCC(C(N)=O)N1CCCO1. The molecule has 0 aliphatic carbocycles. The summed E-state index contributed by atoms with van der Waals surface area (Å²) in [6, 6.07) is -0.238. The highest BCUT2D eigenvalue weighted by Crippen LogP contribution is 2.11. The highest BCUT2D eigenvalue weighted by molar-refractivity contribution is 5.79. The molecule has 0 saturated carbocycles. The summed E-state index contributed by atoms with van der Waals surface area (Å²) in [6.07, 6.45) is 1.71. The van der Waals surface area contributed by atoms with E-state index >= 15 is 0 Å². The number of hydrogen-bond acceptors (Lipinski definition) is 3. The van der Waals surface area contributed by atoms with Gasteiger partial charge in [-0.15, -0.1) is 0 Å². The van der Waals surface area contributed by atoms with Gasteiger partial charge in [-0.05, 0) is 12.8 Å². The van der Waals surface area contributed by atoms with Crippen molar-refractivity contribution in [2.24, 2.45) is 5.73 Å². The molecule has 0 aromatic carbocycles. The quantitative estimate of drug-likeness (QED) is 0.623. The molecule has 0 spiro atoms. The van der Waals surface area contributed by atoms with Crippen molar-refractivity contribution in [3.63, 3.8) is 0 Å². The first kappa shape index (κ1) is 8.49. The van der Waals surface area contributed by atoms with Gasteiger partial charge in [0.15, 0.2) is 0 Å². The number of primary amides is 1. The number of hydroxylamine groups is 2. The van der Waals surface area contributed by atoms with Crippen molar-refractivity contribution in [1.82, 2.24) is 5.06 Å². The highest BCUT2D eigenvalue weighted by Gasteiger charge is 2.25. The van der Waals surface area contributed by atoms with Crippen LogP contribution in [0.3, 0.4) is 0 Å². The molecule has 0 radical (unpaired) electrons. The van der Waals surface area contributed by atoms with Crippen LogP contribution in [0.25, 0.3) is 0 Å². The highest BCUT2D eigenvalue weighted by atomic mass is 16.7. The smallest absolute Gasteiger partial charge is 0.237 e. The van der Waals surface area contributed by atoms with Crippen molar-refractivity contribution >= 4 is 5.91 Å². The fourth-order valence-corrected chi connectivity index (χ4v) is 1.26. The molecular weight excluding hydrogens is 144 g/mol. The topological polar surface area (TPSA) is 55.6 Å². The van der Waals surface area contributed by atoms with Crippen LogP contribution < -0.4 is 5.73 Å². The number of nitrogens with zero attached hydrogens (tertiary/aromatic N) is 1. The molecule has 4 heteroatoms. The molecule has 1 unspecified atom stereocenters. The standard InChI is InChI=1S/C7H14N2O2/c1-2-6(7(8)10)9-4-3-5-11-9/h6H,2-5H2,1H3,(H2,8,10). The molecule has 1 aliphatic rings. The van der Waals surface area contributed by atoms with Gasteiger partial charge < -0.3 is 5.73 Å². The normalized spacial score (nSPS) is 21.9. The van der Waals surface area contributed by atoms with E-state index in [-0.39, 0.29) is 11.9 Å². The van der Waals surface area contributed by atoms with E-state index in [1.165, 1.54) is 0 Å². The minimum atomic E-state index is -0.297. The largest absolute Gasteiger partial charge is 0.368 e. The van der Waals surface area contributed by atoms with Crippen molar-refractivity contribution < 1.29 is 9.63 Å². The van der Waals surface area contributed by atoms with Crippen molar-refractivity contribution in [1.29, 1.82) is 0 Å². The van der Waals surface area contributed by atoms with Crippen LogP contribution in [0.15, 0.2) is 0 Å². The van der Waals surface area contributed by atoms with Gasteiger partial charge in [0.25, 0.3) is 0 Å². The van der Waals surface area contributed by atoms with Gasteiger partial charge in [0.2, 0.25) is 5.91 Å². The third-order valence-electron chi connectivity index (χ3n) is 1.84. The molecule has 64 valence electrons. The lowest BCUT2D eigenvalue weighted by Gasteiger charge is -2.21. The molecule has 4 nitrogen and oxygen atoms in total. The van der Waals surface area contributed by atoms with Gasteiger partial charge in [0.05, 0.1) is 6.61 Å². The van der Waals surface area contributed by atoms with Crippen LogP contribution in [0.1, 0.15) is 19.8 Å². The van der Waals surface area contributed by atoms with Gasteiger partial charge in [0, 0.05) is 6.54 Å². The average molecular weight is 158 g/mol. The number of rotatable bonds is 3. The van der Waals surface area contributed by atoms with E-state index < -0.39 is 0 Å². The second kappa shape index (κ2) is 3.69. The minimum Gasteiger partial charge on any atom is -0.368 e. The first-order valence-electron chi connectivity index (χ1n) is 3.94. The summed E-state index contributed by atoms with van der Waals surface area (Å²) in [5.74, 6) is -0.297. The summed E-state index contributed by atoms with van der Waals surface area (Å²) in [5, 5.41) is 1.68. The number of nitrogens with two attached hydrogens (primary N) is 1. The van der Waals surface area contributed by atoms with Crippen molar-refractivity contribution in [2.45, 2.75) is 25.8 Å². The van der Waals surface area contributed by atoms with E-state index in [0.29, 0.717) is 6.61 Å². The van der Waals surface area contributed by atoms with Gasteiger partial charge in [-0.1, -0.05) is 6.92 Å². The first-order chi connectivity index (χ1) is 5.25. The summed E-state index contributed by atoms with van der Waals surface area (Å²) >= 11 is 0. The lowest BCUT2D eigenvalue weighted by Crippen LogP contribution is -2.42. The predicted octanol–water partition coefficient (Wildman–Crippen LogP) is -0.112. The summed E-state index contributed by atoms with van der Waals surface area (Å²) in [6.45, 7) is 3.46. The number of amides is 1. The van der Waals surface area contributed by atoms with Gasteiger partial charge in [0.1, 0.15) is 6.04 Å². The Bertz CT molecular complexity index is 143. The zero-order valence-electron chi connectivity index (χ0n) is 6.75. The zero-order valence-corrected chi connectivity index (χ0v) is 6.75. The van der Waals surface area contributed by atoms with E-state index in [0.717, 1.165) is 19.4 Å². The molecular formula is C7H14N2O2. The number of hydrogen-bond donors (Lipinski definition) is 1. The molecule has 1 heterocycles. The Labute approximate surface area is 66.3 Å². The predicted molar refractivity (Wildman–Crippen MR) is 40.5 cm³/mol. The molecule has 2 N–H and O–H groups in total. The maximum Gasteiger partial charge on any atom is 0.237 e. The third kappa shape index (κ3) is 1.91. The van der Waals surface area contributed by atoms with E-state index in [4.69, 9.17) is 10.6 Å². The Morgan fingerprint density at radius 3 is 2.91 bits per heavy atom. The summed E-state index contributed by atoms with van der Waals surface area (Å²) in [4.78, 5) is 16.0. The molecule has 0 aromatic heterocycles. The van der Waals surface area contributed by atoms with E-state index in [1.54, 1.807) is 5.06 Å². The van der Waals surface area contributed by atoms with Crippen LogP contribution in [-0.2, 0) is 9.63 Å². The molecule has 1 saturated heterocycles. The maximum atomic E-state index is 10.8. The molecule has 1 amide bonds. The van der Waals surface area contributed by atoms with Gasteiger partial charge in [-0.3, -0.25) is 9.63 Å². The second-order valence-electron chi connectivity index (χ2n) is 2.65. The Balaban J connectivity index is 2.46. The summed E-state index contributed by atoms with van der Waals surface area (Å²) < 4.78 is 0. The molecule has 11 heavy (non-hydrogen) atoms. The molecule has 0 aromatic rings. The summed E-state index contributed by atoms with van der Waals surface area (Å²) in [7, 11) is 0. The number of carbonyl (C=O) groups is 1. The monoisotopic (exact) mass is 158 g/mol. The summed E-state index contributed by atoms with van der Waals surface area (Å²) in [5.41, 5.74) is 5.17. The first-order valence-corrected chi connectivity index (χ1v) is 3.94. The van der Waals surface area contributed by atoms with Crippen LogP contribution in [-0.4, -0.2) is 30.2 Å². The van der Waals surface area contributed by atoms with Crippen LogP contribution in [0.4, 0.5) is 0 Å². The Morgan fingerprint density at radius 1 is 1.82 bits per heavy atom. The minimum absolute atomic E-state index is 0.238. The molecule has 1 atom stereocenters. The number of carbonyl (C=O) groups excluding carboxylic acids is 1. The molecule has 0 bridgehead atoms. The van der Waals surface area contributed by atoms with E-state index in [9.17, 15) is 4.79 Å². The zero-order chi connectivity index (χ0) is 8.27. The fourth-order valence-electron chi connectivity index (χ4n) is 1.26. The lowest BCUT2D eigenvalue weighted by atomic mass is 10.2. The van der Waals surface area contributed by atoms with Crippen LogP contribution in [0, 0.1) is 0 Å².